The molecule has 1 unspecified atom stereocenters. The Balaban J connectivity index is 0.859. The number of piperazine rings is 1. The quantitative estimate of drug-likeness (QED) is 0.248. The Morgan fingerprint density at radius 3 is 2.35 bits per heavy atom. The highest BCUT2D eigenvalue weighted by Crippen LogP contribution is 2.39. The number of benzene rings is 2. The summed E-state index contributed by atoms with van der Waals surface area (Å²) in [6, 6.07) is 13.0. The first kappa shape index (κ1) is 39.6. The molecule has 2 aromatic carbocycles. The van der Waals surface area contributed by atoms with Gasteiger partial charge in [0, 0.05) is 93.5 Å². The number of pyridine rings is 1. The Labute approximate surface area is 347 Å². The van der Waals surface area contributed by atoms with Gasteiger partial charge in [-0.3, -0.25) is 29.6 Å². The molecular formula is C44H50F2N10O4. The van der Waals surface area contributed by atoms with E-state index >= 15 is 8.78 Å². The smallest absolute Gasteiger partial charge is 0.280 e. The largest absolute Gasteiger partial charge is 0.477 e. The summed E-state index contributed by atoms with van der Waals surface area (Å²) >= 11 is 0. The van der Waals surface area contributed by atoms with Gasteiger partial charge in [-0.15, -0.1) is 0 Å². The summed E-state index contributed by atoms with van der Waals surface area (Å²) in [7, 11) is 1.84. The molecule has 4 aromatic rings. The minimum atomic E-state index is -1.01. The van der Waals surface area contributed by atoms with Crippen molar-refractivity contribution in [3.8, 4) is 17.1 Å². The molecule has 7 heterocycles. The topological polar surface area (TPSA) is 141 Å². The number of aryl methyl sites for hydroxylation is 2. The summed E-state index contributed by atoms with van der Waals surface area (Å²) < 4.78 is 38.5. The van der Waals surface area contributed by atoms with Crippen molar-refractivity contribution in [2.75, 3.05) is 72.4 Å². The van der Waals surface area contributed by atoms with Crippen LogP contribution in [0, 0.1) is 24.5 Å². The molecule has 14 nitrogen and oxygen atoms in total. The first-order valence-corrected chi connectivity index (χ1v) is 21.0. The normalized spacial score (nSPS) is 22.7. The van der Waals surface area contributed by atoms with E-state index in [2.05, 4.69) is 60.5 Å². The maximum atomic E-state index is 15.3. The number of nitrogens with zero attached hydrogens (tertiary/aromatic N) is 8. The predicted octanol–water partition coefficient (Wildman–Crippen LogP) is 5.62. The van der Waals surface area contributed by atoms with Crippen LogP contribution in [0.25, 0.3) is 11.3 Å². The first-order chi connectivity index (χ1) is 29.0. The molecule has 0 radical (unpaired) electrons. The van der Waals surface area contributed by atoms with Crippen LogP contribution in [0.2, 0.25) is 0 Å². The lowest BCUT2D eigenvalue weighted by Gasteiger charge is -2.44. The number of guanidine groups is 1. The molecule has 9 rings (SSSR count). The average molecular weight is 821 g/mol. The van der Waals surface area contributed by atoms with Crippen LogP contribution < -0.4 is 30.1 Å². The van der Waals surface area contributed by atoms with Crippen LogP contribution >= 0.6 is 0 Å². The van der Waals surface area contributed by atoms with Crippen LogP contribution in [0.5, 0.6) is 5.88 Å². The van der Waals surface area contributed by atoms with Gasteiger partial charge in [-0.25, -0.2) is 13.5 Å². The van der Waals surface area contributed by atoms with Crippen molar-refractivity contribution >= 4 is 46.4 Å². The Morgan fingerprint density at radius 2 is 1.60 bits per heavy atom. The summed E-state index contributed by atoms with van der Waals surface area (Å²) in [5.41, 5.74) is 5.71. The van der Waals surface area contributed by atoms with Gasteiger partial charge in [0.1, 0.15) is 11.6 Å². The lowest BCUT2D eigenvalue weighted by molar-refractivity contribution is -0.134. The number of ether oxygens (including phenoxy) is 1. The third-order valence-corrected chi connectivity index (χ3v) is 12.6. The van der Waals surface area contributed by atoms with Crippen LogP contribution in [0.3, 0.4) is 0 Å². The molecule has 16 heteroatoms. The fourth-order valence-electron chi connectivity index (χ4n) is 9.38. The molecule has 3 saturated heterocycles. The van der Waals surface area contributed by atoms with Crippen molar-refractivity contribution in [2.24, 2.45) is 18.0 Å². The minimum absolute atomic E-state index is 0.0563. The lowest BCUT2D eigenvalue weighted by atomic mass is 9.89. The number of amides is 3. The third kappa shape index (κ3) is 7.80. The number of anilines is 4. The van der Waals surface area contributed by atoms with Crippen molar-refractivity contribution < 1.29 is 27.9 Å². The number of hydrogen-bond acceptors (Lipinski definition) is 11. The fourth-order valence-corrected chi connectivity index (χ4v) is 9.38. The molecule has 5 aliphatic heterocycles. The number of carbonyl (C=O) groups excluding carboxylic acids is 3. The molecule has 2 N–H and O–H groups in total. The van der Waals surface area contributed by atoms with Gasteiger partial charge < -0.3 is 24.8 Å². The van der Waals surface area contributed by atoms with Crippen molar-refractivity contribution in [2.45, 2.75) is 64.3 Å². The van der Waals surface area contributed by atoms with E-state index < -0.39 is 29.4 Å². The number of piperidine rings is 2. The van der Waals surface area contributed by atoms with Gasteiger partial charge in [0.15, 0.2) is 0 Å². The Hall–Kier alpha value is -5.90. The van der Waals surface area contributed by atoms with Gasteiger partial charge in [-0.1, -0.05) is 6.92 Å². The van der Waals surface area contributed by atoms with Gasteiger partial charge in [-0.05, 0) is 87.4 Å². The molecule has 2 bridgehead atoms. The summed E-state index contributed by atoms with van der Waals surface area (Å²) in [6.07, 6.45) is 5.60. The number of nitrogens with one attached hydrogen (secondary N) is 2. The van der Waals surface area contributed by atoms with Crippen LogP contribution in [0.1, 0.15) is 73.0 Å². The molecular weight excluding hydrogens is 771 g/mol. The van der Waals surface area contributed by atoms with E-state index in [-0.39, 0.29) is 30.2 Å². The number of hydrogen-bond donors (Lipinski definition) is 2. The molecule has 60 heavy (non-hydrogen) atoms. The SMILES string of the molecule is Cc1cc2cc(n1)-c1cnn(C)c1OCCC[C@@H](C)CN1/C(=N/C2=O)Nc2ccc(N3CCC(N4CCN(c5cc(F)c(C6CCC(=O)NC6=O)c(F)c5)CC4)CC3)cc21. The monoisotopic (exact) mass is 820 g/mol. The predicted molar refractivity (Wildman–Crippen MR) is 225 cm³/mol. The molecule has 0 saturated carbocycles. The molecule has 0 spiro atoms. The number of aromatic nitrogens is 3. The number of fused-ring (bicyclic) bond motifs is 7. The first-order valence-electron chi connectivity index (χ1n) is 21.0. The van der Waals surface area contributed by atoms with Gasteiger partial charge >= 0.3 is 0 Å². The van der Waals surface area contributed by atoms with E-state index in [0.717, 1.165) is 74.5 Å². The lowest BCUT2D eigenvalue weighted by Crippen LogP contribution is -2.53. The number of carbonyl (C=O) groups is 3. The zero-order chi connectivity index (χ0) is 41.7. The summed E-state index contributed by atoms with van der Waals surface area (Å²) in [4.78, 5) is 56.2. The van der Waals surface area contributed by atoms with E-state index in [1.165, 1.54) is 12.1 Å². The second kappa shape index (κ2) is 16.3. The number of halogens is 2. The van der Waals surface area contributed by atoms with Crippen LogP contribution in [0.15, 0.2) is 53.7 Å². The molecule has 5 aliphatic rings. The maximum absolute atomic E-state index is 15.3. The average Bonchev–Trinajstić information content (AvgIpc) is 3.77. The molecule has 314 valence electrons. The van der Waals surface area contributed by atoms with Crippen molar-refractivity contribution in [3.63, 3.8) is 0 Å². The maximum Gasteiger partial charge on any atom is 0.280 e. The van der Waals surface area contributed by atoms with Gasteiger partial charge in [-0.2, -0.15) is 10.1 Å². The van der Waals surface area contributed by atoms with E-state index in [9.17, 15) is 14.4 Å². The summed E-state index contributed by atoms with van der Waals surface area (Å²) in [5.74, 6) is -2.55. The Kier molecular flexibility index (Phi) is 10.7. The highest BCUT2D eigenvalue weighted by molar-refractivity contribution is 6.19. The molecule has 2 aromatic heterocycles. The highest BCUT2D eigenvalue weighted by atomic mass is 19.1. The molecule has 3 amide bonds. The van der Waals surface area contributed by atoms with Crippen molar-refractivity contribution in [3.05, 3.63) is 77.1 Å². The second-order valence-electron chi connectivity index (χ2n) is 16.7. The van der Waals surface area contributed by atoms with Crippen molar-refractivity contribution in [1.82, 2.24) is 25.0 Å². The zero-order valence-electron chi connectivity index (χ0n) is 34.2. The van der Waals surface area contributed by atoms with Crippen LogP contribution in [0.4, 0.5) is 31.5 Å². The summed E-state index contributed by atoms with van der Waals surface area (Å²) in [5, 5.41) is 10.0. The number of aliphatic imine (C=N–C) groups is 1. The standard InChI is InChI=1S/C44H50F2N10O4/c1-26-5-4-18-60-43-33(24-47-52(43)3)37-20-28(19-27(2)48-37)41(58)51-44-49-36-8-6-30(23-38(36)56(44)25-26)53-12-10-29(11-13-53)54-14-16-55(17-15-54)31-21-34(45)40(35(46)22-31)32-7-9-39(57)50-42(32)59/h6,8,19-24,26,29,32H,4-5,7,9-18,25H2,1-3H3,(H,49,51,58)(H,50,57,59)/t26-,32?/m1/s1. The van der Waals surface area contributed by atoms with Crippen molar-refractivity contribution in [1.29, 1.82) is 0 Å². The van der Waals surface area contributed by atoms with Gasteiger partial charge in [0.25, 0.3) is 5.91 Å². The highest BCUT2D eigenvalue weighted by Gasteiger charge is 2.35. The molecule has 3 fully saturated rings. The van der Waals surface area contributed by atoms with Crippen LogP contribution in [-0.2, 0) is 16.6 Å². The fraction of sp³-hybridized carbons (Fsp3) is 0.455. The third-order valence-electron chi connectivity index (χ3n) is 12.6. The van der Waals surface area contributed by atoms with E-state index in [1.54, 1.807) is 23.0 Å². The minimum Gasteiger partial charge on any atom is -0.477 e. The molecule has 2 atom stereocenters. The number of rotatable bonds is 4. The second-order valence-corrected chi connectivity index (χ2v) is 16.7. The van der Waals surface area contributed by atoms with E-state index in [1.807, 2.05) is 18.9 Å². The zero-order valence-corrected chi connectivity index (χ0v) is 34.2. The van der Waals surface area contributed by atoms with Crippen LogP contribution in [-0.4, -0.2) is 102 Å². The number of imide groups is 1. The summed E-state index contributed by atoms with van der Waals surface area (Å²) in [6.45, 7) is 9.86. The Morgan fingerprint density at radius 1 is 0.850 bits per heavy atom. The Bertz CT molecular complexity index is 2340. The van der Waals surface area contributed by atoms with Gasteiger partial charge in [0.05, 0.1) is 41.4 Å². The van der Waals surface area contributed by atoms with E-state index in [0.29, 0.717) is 66.8 Å². The van der Waals surface area contributed by atoms with Gasteiger partial charge in [0.2, 0.25) is 23.7 Å². The van der Waals surface area contributed by atoms with E-state index in [4.69, 9.17) is 9.72 Å². The molecule has 0 aliphatic carbocycles.